The predicted octanol–water partition coefficient (Wildman–Crippen LogP) is 4.30. The lowest BCUT2D eigenvalue weighted by Gasteiger charge is -2.24. The number of aliphatic hydroxyl groups is 1. The summed E-state index contributed by atoms with van der Waals surface area (Å²) in [4.78, 5) is 30.3. The fourth-order valence-electron chi connectivity index (χ4n) is 3.63. The van der Waals surface area contributed by atoms with E-state index in [2.05, 4.69) is 6.92 Å². The average Bonchev–Trinajstić information content (AvgIpc) is 3.36. The molecule has 1 aliphatic heterocycles. The van der Waals surface area contributed by atoms with Crippen LogP contribution in [0.3, 0.4) is 0 Å². The molecular formula is C24H30N2O4S. The molecule has 6 nitrogen and oxygen atoms in total. The van der Waals surface area contributed by atoms with Crippen molar-refractivity contribution in [2.75, 3.05) is 33.8 Å². The molecule has 0 saturated carbocycles. The van der Waals surface area contributed by atoms with Crippen molar-refractivity contribution in [1.29, 1.82) is 0 Å². The molecule has 0 aliphatic carbocycles. The molecule has 1 N–H and O–H groups in total. The van der Waals surface area contributed by atoms with E-state index in [9.17, 15) is 14.7 Å². The summed E-state index contributed by atoms with van der Waals surface area (Å²) >= 11 is 1.47. The largest absolute Gasteiger partial charge is 0.507 e. The number of aliphatic hydroxyl groups excluding tert-OH is 1. The number of ketones is 1. The topological polar surface area (TPSA) is 70.1 Å². The first-order valence-corrected chi connectivity index (χ1v) is 11.5. The normalized spacial score (nSPS) is 18.2. The molecule has 0 spiro atoms. The van der Waals surface area contributed by atoms with Gasteiger partial charge in [-0.05, 0) is 57.1 Å². The van der Waals surface area contributed by atoms with Crippen molar-refractivity contribution in [3.63, 3.8) is 0 Å². The van der Waals surface area contributed by atoms with E-state index in [4.69, 9.17) is 4.74 Å². The minimum Gasteiger partial charge on any atom is -0.507 e. The van der Waals surface area contributed by atoms with Crippen LogP contribution in [0.25, 0.3) is 5.76 Å². The molecule has 0 bridgehead atoms. The number of amides is 1. The SMILES string of the molecule is CCCCOc1cccc(/C(O)=C2\C(=O)C(=O)N(CCCN(C)C)C2c2cccs2)c1. The molecule has 0 radical (unpaired) electrons. The number of benzene rings is 1. The highest BCUT2D eigenvalue weighted by atomic mass is 32.1. The van der Waals surface area contributed by atoms with Crippen LogP contribution >= 0.6 is 11.3 Å². The van der Waals surface area contributed by atoms with Crippen LogP contribution in [0.4, 0.5) is 0 Å². The van der Waals surface area contributed by atoms with Gasteiger partial charge in [-0.2, -0.15) is 0 Å². The van der Waals surface area contributed by atoms with E-state index in [0.717, 1.165) is 30.7 Å². The second-order valence-electron chi connectivity index (χ2n) is 7.89. The van der Waals surface area contributed by atoms with Crippen molar-refractivity contribution in [1.82, 2.24) is 9.80 Å². The molecule has 1 aromatic heterocycles. The van der Waals surface area contributed by atoms with Gasteiger partial charge in [0.2, 0.25) is 0 Å². The van der Waals surface area contributed by atoms with Gasteiger partial charge in [0.05, 0.1) is 18.2 Å². The van der Waals surface area contributed by atoms with E-state index in [-0.39, 0.29) is 11.3 Å². The summed E-state index contributed by atoms with van der Waals surface area (Å²) in [7, 11) is 3.95. The first-order chi connectivity index (χ1) is 14.9. The van der Waals surface area contributed by atoms with E-state index < -0.39 is 17.7 Å². The third-order valence-corrected chi connectivity index (χ3v) is 6.16. The number of carbonyl (C=O) groups is 2. The molecular weight excluding hydrogens is 412 g/mol. The van der Waals surface area contributed by atoms with Gasteiger partial charge in [0.15, 0.2) is 0 Å². The molecule has 1 atom stereocenters. The van der Waals surface area contributed by atoms with Crippen LogP contribution in [-0.4, -0.2) is 60.4 Å². The summed E-state index contributed by atoms with van der Waals surface area (Å²) in [5.74, 6) is -0.731. The number of ether oxygens (including phenoxy) is 1. The average molecular weight is 443 g/mol. The van der Waals surface area contributed by atoms with Crippen LogP contribution in [0.5, 0.6) is 5.75 Å². The second-order valence-corrected chi connectivity index (χ2v) is 8.87. The standard InChI is InChI=1S/C24H30N2O4S/c1-4-5-14-30-18-10-6-9-17(16-18)22(27)20-21(19-11-7-15-31-19)26(24(29)23(20)28)13-8-12-25(2)3/h6-7,9-11,15-16,21,27H,4-5,8,12-14H2,1-3H3/b22-20+. The lowest BCUT2D eigenvalue weighted by molar-refractivity contribution is -0.139. The van der Waals surface area contributed by atoms with Gasteiger partial charge >= 0.3 is 0 Å². The first kappa shape index (κ1) is 23.0. The van der Waals surface area contributed by atoms with Crippen molar-refractivity contribution in [3.8, 4) is 5.75 Å². The molecule has 1 saturated heterocycles. The molecule has 166 valence electrons. The summed E-state index contributed by atoms with van der Waals surface area (Å²) in [6.07, 6.45) is 2.70. The van der Waals surface area contributed by atoms with Gasteiger partial charge in [0.25, 0.3) is 11.7 Å². The fourth-order valence-corrected chi connectivity index (χ4v) is 4.48. The van der Waals surface area contributed by atoms with Crippen molar-refractivity contribution in [2.24, 2.45) is 0 Å². The molecule has 1 fully saturated rings. The van der Waals surface area contributed by atoms with E-state index in [1.807, 2.05) is 42.6 Å². The Kier molecular flexibility index (Phi) is 7.87. The number of hydrogen-bond donors (Lipinski definition) is 1. The van der Waals surface area contributed by atoms with Crippen molar-refractivity contribution < 1.29 is 19.4 Å². The Morgan fingerprint density at radius 2 is 2.00 bits per heavy atom. The predicted molar refractivity (Wildman–Crippen MR) is 123 cm³/mol. The van der Waals surface area contributed by atoms with Crippen molar-refractivity contribution in [2.45, 2.75) is 32.2 Å². The molecule has 31 heavy (non-hydrogen) atoms. The molecule has 3 rings (SSSR count). The third kappa shape index (κ3) is 5.35. The highest BCUT2D eigenvalue weighted by Gasteiger charge is 2.46. The molecule has 1 aliphatic rings. The fraction of sp³-hybridized carbons (Fsp3) is 0.417. The molecule has 1 unspecified atom stereocenters. The second kappa shape index (κ2) is 10.6. The summed E-state index contributed by atoms with van der Waals surface area (Å²) in [5.41, 5.74) is 0.616. The Labute approximate surface area is 187 Å². The van der Waals surface area contributed by atoms with Crippen LogP contribution in [0, 0.1) is 0 Å². The van der Waals surface area contributed by atoms with E-state index in [1.54, 1.807) is 23.1 Å². The molecule has 2 aromatic rings. The number of unbranched alkanes of at least 4 members (excludes halogenated alkanes) is 1. The van der Waals surface area contributed by atoms with Gasteiger partial charge in [-0.3, -0.25) is 9.59 Å². The van der Waals surface area contributed by atoms with Gasteiger partial charge in [-0.15, -0.1) is 11.3 Å². The first-order valence-electron chi connectivity index (χ1n) is 10.6. The van der Waals surface area contributed by atoms with Crippen LogP contribution in [0.1, 0.15) is 42.7 Å². The maximum Gasteiger partial charge on any atom is 0.295 e. The Hall–Kier alpha value is -2.64. The van der Waals surface area contributed by atoms with Gasteiger partial charge in [0.1, 0.15) is 11.5 Å². The maximum absolute atomic E-state index is 13.0. The number of hydrogen-bond acceptors (Lipinski definition) is 6. The molecule has 7 heteroatoms. The lowest BCUT2D eigenvalue weighted by atomic mass is 9.99. The zero-order chi connectivity index (χ0) is 22.4. The Bertz CT molecular complexity index is 937. The summed E-state index contributed by atoms with van der Waals surface area (Å²) < 4.78 is 5.74. The zero-order valence-electron chi connectivity index (χ0n) is 18.3. The van der Waals surface area contributed by atoms with Crippen LogP contribution in [0.15, 0.2) is 47.4 Å². The zero-order valence-corrected chi connectivity index (χ0v) is 19.2. The van der Waals surface area contributed by atoms with Gasteiger partial charge in [0, 0.05) is 17.0 Å². The van der Waals surface area contributed by atoms with Gasteiger partial charge < -0.3 is 19.6 Å². The maximum atomic E-state index is 13.0. The molecule has 1 aromatic carbocycles. The number of carbonyl (C=O) groups excluding carboxylic acids is 2. The molecule has 1 amide bonds. The summed E-state index contributed by atoms with van der Waals surface area (Å²) in [5, 5.41) is 13.0. The van der Waals surface area contributed by atoms with E-state index >= 15 is 0 Å². The minimum atomic E-state index is -0.641. The van der Waals surface area contributed by atoms with Crippen molar-refractivity contribution in [3.05, 3.63) is 57.8 Å². The van der Waals surface area contributed by atoms with Crippen LogP contribution < -0.4 is 4.74 Å². The van der Waals surface area contributed by atoms with Gasteiger partial charge in [-0.25, -0.2) is 0 Å². The summed E-state index contributed by atoms with van der Waals surface area (Å²) in [6, 6.07) is 10.3. The molecule has 2 heterocycles. The van der Waals surface area contributed by atoms with E-state index in [1.165, 1.54) is 11.3 Å². The monoisotopic (exact) mass is 442 g/mol. The smallest absolute Gasteiger partial charge is 0.295 e. The number of nitrogens with zero attached hydrogens (tertiary/aromatic N) is 2. The third-order valence-electron chi connectivity index (χ3n) is 5.23. The van der Waals surface area contributed by atoms with Crippen LogP contribution in [-0.2, 0) is 9.59 Å². The summed E-state index contributed by atoms with van der Waals surface area (Å²) in [6.45, 7) is 3.93. The number of Topliss-reactive ketones (excluding diaryl/α,β-unsaturated/α-hetero) is 1. The lowest BCUT2D eigenvalue weighted by Crippen LogP contribution is -2.32. The highest BCUT2D eigenvalue weighted by molar-refractivity contribution is 7.10. The van der Waals surface area contributed by atoms with Crippen LogP contribution in [0.2, 0.25) is 0 Å². The highest BCUT2D eigenvalue weighted by Crippen LogP contribution is 2.41. The Morgan fingerprint density at radius 1 is 1.19 bits per heavy atom. The van der Waals surface area contributed by atoms with E-state index in [0.29, 0.717) is 24.5 Å². The van der Waals surface area contributed by atoms with Gasteiger partial charge in [-0.1, -0.05) is 31.5 Å². The Balaban J connectivity index is 1.96. The number of likely N-dealkylation sites (tertiary alicyclic amines) is 1. The quantitative estimate of drug-likeness (QED) is 0.257. The minimum absolute atomic E-state index is 0.142. The van der Waals surface area contributed by atoms with Crippen molar-refractivity contribution >= 4 is 28.8 Å². The number of thiophene rings is 1. The Morgan fingerprint density at radius 3 is 2.68 bits per heavy atom. The number of rotatable bonds is 10.